The summed E-state index contributed by atoms with van der Waals surface area (Å²) in [7, 11) is -4.12. The van der Waals surface area contributed by atoms with Crippen LogP contribution in [0.25, 0.3) is 22.2 Å². The highest BCUT2D eigenvalue weighted by atomic mass is 35.5. The maximum absolute atomic E-state index is 14.1. The van der Waals surface area contributed by atoms with Gasteiger partial charge in [0.15, 0.2) is 0 Å². The maximum Gasteiger partial charge on any atom is 0.407 e. The van der Waals surface area contributed by atoms with Crippen molar-refractivity contribution in [2.24, 2.45) is 0 Å². The fourth-order valence-electron chi connectivity index (χ4n) is 4.64. The largest absolute Gasteiger partial charge is 0.465 e. The summed E-state index contributed by atoms with van der Waals surface area (Å²) in [5.74, 6) is -0.592. The summed E-state index contributed by atoms with van der Waals surface area (Å²) in [5, 5.41) is 15.0. The van der Waals surface area contributed by atoms with Crippen LogP contribution in [0.4, 0.5) is 15.0 Å². The zero-order valence-corrected chi connectivity index (χ0v) is 21.6. The number of carbonyl (C=O) groups is 1. The predicted octanol–water partition coefficient (Wildman–Crippen LogP) is 4.27. The van der Waals surface area contributed by atoms with Crippen molar-refractivity contribution in [3.8, 4) is 11.3 Å². The summed E-state index contributed by atoms with van der Waals surface area (Å²) in [6.45, 7) is 0.734. The second-order valence-electron chi connectivity index (χ2n) is 9.00. The third-order valence-corrected chi connectivity index (χ3v) is 8.19. The van der Waals surface area contributed by atoms with Gasteiger partial charge in [0.25, 0.3) is 0 Å². The summed E-state index contributed by atoms with van der Waals surface area (Å²) in [5.41, 5.74) is 8.94. The summed E-state index contributed by atoms with van der Waals surface area (Å²) >= 11 is 5.83. The Balaban J connectivity index is 1.41. The lowest BCUT2D eigenvalue weighted by Gasteiger charge is -2.31. The van der Waals surface area contributed by atoms with Gasteiger partial charge in [-0.1, -0.05) is 35.9 Å². The summed E-state index contributed by atoms with van der Waals surface area (Å²) in [6, 6.07) is 12.0. The number of piperidine rings is 1. The average molecular weight is 559 g/mol. The second-order valence-corrected chi connectivity index (χ2v) is 11.2. The van der Waals surface area contributed by atoms with Gasteiger partial charge < -0.3 is 15.7 Å². The molecule has 0 spiro atoms. The third-order valence-electron chi connectivity index (χ3n) is 6.54. The zero-order chi connectivity index (χ0) is 27.0. The number of likely N-dealkylation sites (tertiary alicyclic amines) is 1. The molecule has 1 atom stereocenters. The van der Waals surface area contributed by atoms with E-state index >= 15 is 0 Å². The van der Waals surface area contributed by atoms with E-state index in [0.29, 0.717) is 35.6 Å². The van der Waals surface area contributed by atoms with Crippen LogP contribution < -0.4 is 10.5 Å². The molecule has 2 aromatic carbocycles. The molecule has 0 radical (unpaired) electrons. The van der Waals surface area contributed by atoms with Gasteiger partial charge in [0.05, 0.1) is 16.9 Å². The first-order valence-corrected chi connectivity index (χ1v) is 13.6. The zero-order valence-electron chi connectivity index (χ0n) is 20.0. The number of nitrogen functional groups attached to an aromatic ring is 1. The molecule has 1 amide bonds. The fraction of sp³-hybridized carbons (Fsp3) is 0.240. The molecule has 10 nitrogen and oxygen atoms in total. The number of hydrogen-bond acceptors (Lipinski definition) is 6. The van der Waals surface area contributed by atoms with Crippen LogP contribution in [-0.4, -0.2) is 52.4 Å². The van der Waals surface area contributed by atoms with Gasteiger partial charge in [-0.25, -0.2) is 27.3 Å². The van der Waals surface area contributed by atoms with Crippen molar-refractivity contribution in [2.75, 3.05) is 18.8 Å². The number of nitrogens with two attached hydrogens (primary N) is 1. The number of anilines is 1. The van der Waals surface area contributed by atoms with Crippen molar-refractivity contribution in [2.45, 2.75) is 30.3 Å². The highest BCUT2D eigenvalue weighted by Gasteiger charge is 2.28. The van der Waals surface area contributed by atoms with Gasteiger partial charge in [0.2, 0.25) is 10.0 Å². The monoisotopic (exact) mass is 558 g/mol. The number of rotatable bonds is 6. The van der Waals surface area contributed by atoms with E-state index in [2.05, 4.69) is 9.71 Å². The molecule has 0 saturated carbocycles. The Morgan fingerprint density at radius 3 is 2.71 bits per heavy atom. The molecule has 1 aliphatic rings. The first-order valence-electron chi connectivity index (χ1n) is 11.8. The number of nitrogens with zero attached hydrogens (tertiary/aromatic N) is 4. The molecule has 38 heavy (non-hydrogen) atoms. The Labute approximate surface area is 222 Å². The molecule has 1 aliphatic heterocycles. The van der Waals surface area contributed by atoms with E-state index < -0.39 is 26.8 Å². The molecule has 198 valence electrons. The molecule has 0 bridgehead atoms. The van der Waals surface area contributed by atoms with E-state index in [9.17, 15) is 22.7 Å². The molecule has 0 unspecified atom stereocenters. The predicted molar refractivity (Wildman–Crippen MR) is 141 cm³/mol. The lowest BCUT2D eigenvalue weighted by Crippen LogP contribution is -2.40. The smallest absolute Gasteiger partial charge is 0.407 e. The first kappa shape index (κ1) is 25.9. The van der Waals surface area contributed by atoms with Crippen LogP contribution in [0.3, 0.4) is 0 Å². The highest BCUT2D eigenvalue weighted by Crippen LogP contribution is 2.35. The van der Waals surface area contributed by atoms with Crippen LogP contribution >= 0.6 is 11.6 Å². The van der Waals surface area contributed by atoms with Crippen LogP contribution in [0.15, 0.2) is 59.6 Å². The Hall–Kier alpha value is -3.74. The first-order chi connectivity index (χ1) is 18.1. The lowest BCUT2D eigenvalue weighted by atomic mass is 10.1. The number of hydrogen-bond donors (Lipinski definition) is 3. The lowest BCUT2D eigenvalue weighted by molar-refractivity contribution is 0.120. The topological polar surface area (TPSA) is 143 Å². The van der Waals surface area contributed by atoms with Crippen molar-refractivity contribution in [1.29, 1.82) is 0 Å². The molecular formula is C25H24ClFN6O4S. The van der Waals surface area contributed by atoms with Crippen molar-refractivity contribution in [3.63, 3.8) is 0 Å². The van der Waals surface area contributed by atoms with E-state index in [4.69, 9.17) is 22.4 Å². The summed E-state index contributed by atoms with van der Waals surface area (Å²) in [4.78, 5) is 16.6. The van der Waals surface area contributed by atoms with Gasteiger partial charge in [0, 0.05) is 36.4 Å². The molecule has 3 heterocycles. The number of halogens is 2. The number of carboxylic acid groups (broad SMARTS) is 1. The number of amides is 1. The van der Waals surface area contributed by atoms with Gasteiger partial charge in [-0.2, -0.15) is 5.10 Å². The number of sulfonamides is 1. The molecule has 4 aromatic rings. The van der Waals surface area contributed by atoms with Gasteiger partial charge in [-0.05, 0) is 42.7 Å². The quantitative estimate of drug-likeness (QED) is 0.320. The van der Waals surface area contributed by atoms with Crippen LogP contribution in [0.2, 0.25) is 5.02 Å². The number of fused-ring (bicyclic) bond motifs is 1. The second kappa shape index (κ2) is 10.2. The molecule has 0 aliphatic carbocycles. The molecule has 5 rings (SSSR count). The summed E-state index contributed by atoms with van der Waals surface area (Å²) in [6.07, 6.45) is 2.12. The van der Waals surface area contributed by atoms with Crippen LogP contribution in [0.1, 0.15) is 24.4 Å². The van der Waals surface area contributed by atoms with Gasteiger partial charge in [-0.15, -0.1) is 0 Å². The van der Waals surface area contributed by atoms with Crippen LogP contribution in [-0.2, 0) is 16.6 Å². The highest BCUT2D eigenvalue weighted by molar-refractivity contribution is 7.89. The molecule has 1 fully saturated rings. The Morgan fingerprint density at radius 1 is 1.21 bits per heavy atom. The number of nitrogens with one attached hydrogen (secondary N) is 1. The van der Waals surface area contributed by atoms with Gasteiger partial charge >= 0.3 is 6.09 Å². The minimum Gasteiger partial charge on any atom is -0.465 e. The minimum atomic E-state index is -4.12. The average Bonchev–Trinajstić information content (AvgIpc) is 3.30. The van der Waals surface area contributed by atoms with E-state index in [0.717, 1.165) is 36.1 Å². The molecular weight excluding hydrogens is 535 g/mol. The molecule has 2 aromatic heterocycles. The van der Waals surface area contributed by atoms with E-state index in [1.807, 2.05) is 4.68 Å². The number of pyridine rings is 1. The van der Waals surface area contributed by atoms with Crippen molar-refractivity contribution >= 4 is 44.4 Å². The van der Waals surface area contributed by atoms with Crippen molar-refractivity contribution in [3.05, 3.63) is 71.1 Å². The van der Waals surface area contributed by atoms with Crippen molar-refractivity contribution < 1.29 is 22.7 Å². The van der Waals surface area contributed by atoms with Crippen LogP contribution in [0, 0.1) is 5.82 Å². The van der Waals surface area contributed by atoms with Gasteiger partial charge in [0.1, 0.15) is 22.2 Å². The van der Waals surface area contributed by atoms with E-state index in [-0.39, 0.29) is 17.6 Å². The molecule has 4 N–H and O–H groups in total. The maximum atomic E-state index is 14.1. The standard InChI is InChI=1S/C25H24ClFN6O4S/c26-17-7-8-19(27)21(12-17)38(36,37)30-13-15-3-5-16(6-4-15)23-22-20(9-10-29-24(22)28)33(31-23)18-2-1-11-32(14-18)25(34)35/h3-10,12,18,30H,1-2,11,13-14H2,(H2,28,29)(H,34,35)/t18-/m1/s1. The normalized spacial score (nSPS) is 16.2. The Kier molecular flexibility index (Phi) is 6.95. The van der Waals surface area contributed by atoms with E-state index in [1.165, 1.54) is 11.0 Å². The SMILES string of the molecule is Nc1nccc2c1c(-c1ccc(CNS(=O)(=O)c3cc(Cl)ccc3F)cc1)nn2[C@@H]1CCCN(C(=O)O)C1. The third kappa shape index (κ3) is 5.02. The Bertz CT molecular complexity index is 1630. The molecule has 1 saturated heterocycles. The van der Waals surface area contributed by atoms with Crippen LogP contribution in [0.5, 0.6) is 0 Å². The summed E-state index contributed by atoms with van der Waals surface area (Å²) < 4.78 is 43.4. The fourth-order valence-corrected chi connectivity index (χ4v) is 6.00. The van der Waals surface area contributed by atoms with E-state index in [1.54, 1.807) is 36.5 Å². The number of benzene rings is 2. The molecule has 13 heteroatoms. The number of aromatic nitrogens is 3. The van der Waals surface area contributed by atoms with Crippen molar-refractivity contribution in [1.82, 2.24) is 24.4 Å². The van der Waals surface area contributed by atoms with Gasteiger partial charge in [-0.3, -0.25) is 4.68 Å². The minimum absolute atomic E-state index is 0.0689. The Morgan fingerprint density at radius 2 is 1.97 bits per heavy atom.